The minimum Gasteiger partial charge on any atom is -0.290 e. The highest BCUT2D eigenvalue weighted by atomic mass is 32.2. The van der Waals surface area contributed by atoms with E-state index in [4.69, 9.17) is 5.84 Å². The molecule has 1 unspecified atom stereocenters. The lowest BCUT2D eigenvalue weighted by Crippen LogP contribution is -2.29. The highest BCUT2D eigenvalue weighted by Crippen LogP contribution is 2.07. The van der Waals surface area contributed by atoms with Crippen LogP contribution < -0.4 is 11.3 Å². The maximum absolute atomic E-state index is 11.1. The van der Waals surface area contributed by atoms with E-state index < -0.39 is 10.8 Å². The van der Waals surface area contributed by atoms with E-state index in [2.05, 4.69) is 0 Å². The van der Waals surface area contributed by atoms with Gasteiger partial charge in [-0.2, -0.15) is 0 Å². The second-order valence-electron chi connectivity index (χ2n) is 2.46. The summed E-state index contributed by atoms with van der Waals surface area (Å²) in [4.78, 5) is 11.7. The van der Waals surface area contributed by atoms with Gasteiger partial charge in [-0.05, 0) is 18.2 Å². The molecule has 1 aromatic rings. The molecule has 0 heterocycles. The molecular formula is C8H10N2O2S. The van der Waals surface area contributed by atoms with Gasteiger partial charge in [-0.15, -0.1) is 0 Å². The molecule has 0 bridgehead atoms. The first-order valence-corrected chi connectivity index (χ1v) is 5.15. The summed E-state index contributed by atoms with van der Waals surface area (Å²) in [6, 6.07) is 6.53. The van der Waals surface area contributed by atoms with Crippen LogP contribution in [0.25, 0.3) is 0 Å². The molecule has 70 valence electrons. The molecule has 0 saturated heterocycles. The number of carbonyl (C=O) groups excluding carboxylic acids is 1. The molecule has 1 aromatic carbocycles. The molecule has 0 saturated carbocycles. The van der Waals surface area contributed by atoms with Crippen LogP contribution in [0.5, 0.6) is 0 Å². The Hall–Kier alpha value is -1.20. The van der Waals surface area contributed by atoms with Crippen molar-refractivity contribution < 1.29 is 9.00 Å². The van der Waals surface area contributed by atoms with Crippen molar-refractivity contribution in [2.45, 2.75) is 4.90 Å². The van der Waals surface area contributed by atoms with Crippen LogP contribution in [-0.2, 0) is 10.8 Å². The van der Waals surface area contributed by atoms with E-state index in [-0.39, 0.29) is 5.91 Å². The second-order valence-corrected chi connectivity index (χ2v) is 3.84. The first-order chi connectivity index (χ1) is 6.15. The maximum atomic E-state index is 11.1. The summed E-state index contributed by atoms with van der Waals surface area (Å²) < 4.78 is 11.1. The van der Waals surface area contributed by atoms with E-state index in [0.717, 1.165) is 0 Å². The summed E-state index contributed by atoms with van der Waals surface area (Å²) >= 11 is 0. The molecule has 0 fully saturated rings. The first kappa shape index (κ1) is 9.88. The molecule has 5 heteroatoms. The third kappa shape index (κ3) is 2.37. The van der Waals surface area contributed by atoms with Crippen molar-refractivity contribution in [3.8, 4) is 0 Å². The number of nitrogens with one attached hydrogen (secondary N) is 1. The number of nitrogens with two attached hydrogens (primary N) is 1. The molecule has 1 rings (SSSR count). The van der Waals surface area contributed by atoms with Gasteiger partial charge in [-0.25, -0.2) is 5.84 Å². The summed E-state index contributed by atoms with van der Waals surface area (Å²) in [6.07, 6.45) is 1.56. The quantitative estimate of drug-likeness (QED) is 0.400. The van der Waals surface area contributed by atoms with Gasteiger partial charge in [0, 0.05) is 27.5 Å². The Morgan fingerprint density at radius 2 is 2.23 bits per heavy atom. The molecule has 3 N–H and O–H groups in total. The zero-order chi connectivity index (χ0) is 9.84. The van der Waals surface area contributed by atoms with Crippen LogP contribution in [0.4, 0.5) is 0 Å². The number of nitrogen functional groups attached to an aromatic ring is 1. The lowest BCUT2D eigenvalue weighted by molar-refractivity contribution is 0.0953. The maximum Gasteiger partial charge on any atom is 0.265 e. The third-order valence-electron chi connectivity index (χ3n) is 1.56. The van der Waals surface area contributed by atoms with E-state index in [9.17, 15) is 9.00 Å². The summed E-state index contributed by atoms with van der Waals surface area (Å²) in [6.45, 7) is 0. The normalized spacial score (nSPS) is 12.2. The zero-order valence-electron chi connectivity index (χ0n) is 7.11. The zero-order valence-corrected chi connectivity index (χ0v) is 7.93. The smallest absolute Gasteiger partial charge is 0.265 e. The van der Waals surface area contributed by atoms with Crippen molar-refractivity contribution >= 4 is 16.7 Å². The fourth-order valence-corrected chi connectivity index (χ4v) is 1.46. The van der Waals surface area contributed by atoms with Crippen LogP contribution >= 0.6 is 0 Å². The number of amides is 1. The van der Waals surface area contributed by atoms with Gasteiger partial charge in [0.1, 0.15) is 0 Å². The SMILES string of the molecule is CS(=O)c1cccc(C(=O)NN)c1. The highest BCUT2D eigenvalue weighted by Gasteiger charge is 2.04. The summed E-state index contributed by atoms with van der Waals surface area (Å²) in [5, 5.41) is 0. The number of carbonyl (C=O) groups is 1. The first-order valence-electron chi connectivity index (χ1n) is 3.59. The molecular weight excluding hydrogens is 188 g/mol. The summed E-state index contributed by atoms with van der Waals surface area (Å²) in [7, 11) is -1.08. The number of hydrogen-bond donors (Lipinski definition) is 2. The fraction of sp³-hybridized carbons (Fsp3) is 0.125. The largest absolute Gasteiger partial charge is 0.290 e. The monoisotopic (exact) mass is 198 g/mol. The summed E-state index contributed by atoms with van der Waals surface area (Å²) in [5.41, 5.74) is 2.42. The van der Waals surface area contributed by atoms with Crippen molar-refractivity contribution in [1.82, 2.24) is 5.43 Å². The van der Waals surface area contributed by atoms with E-state index in [1.54, 1.807) is 30.5 Å². The van der Waals surface area contributed by atoms with Gasteiger partial charge >= 0.3 is 0 Å². The molecule has 0 aliphatic heterocycles. The molecule has 4 nitrogen and oxygen atoms in total. The highest BCUT2D eigenvalue weighted by molar-refractivity contribution is 7.84. The van der Waals surface area contributed by atoms with Gasteiger partial charge in [-0.1, -0.05) is 6.07 Å². The van der Waals surface area contributed by atoms with Crippen molar-refractivity contribution in [3.63, 3.8) is 0 Å². The molecule has 0 spiro atoms. The number of benzene rings is 1. The van der Waals surface area contributed by atoms with Gasteiger partial charge in [0.15, 0.2) is 0 Å². The van der Waals surface area contributed by atoms with Crippen LogP contribution in [0.1, 0.15) is 10.4 Å². The topological polar surface area (TPSA) is 72.2 Å². The molecule has 0 aliphatic carbocycles. The van der Waals surface area contributed by atoms with E-state index in [1.807, 2.05) is 5.43 Å². The predicted octanol–water partition coefficient (Wildman–Crippen LogP) is 0.0275. The molecule has 0 aromatic heterocycles. The summed E-state index contributed by atoms with van der Waals surface area (Å²) in [5.74, 6) is 4.57. The van der Waals surface area contributed by atoms with E-state index in [0.29, 0.717) is 10.5 Å². The Morgan fingerprint density at radius 1 is 1.54 bits per heavy atom. The van der Waals surface area contributed by atoms with Gasteiger partial charge in [-0.3, -0.25) is 14.4 Å². The second kappa shape index (κ2) is 4.15. The molecule has 0 aliphatic rings. The fourth-order valence-electron chi connectivity index (χ4n) is 0.899. The Bertz CT molecular complexity index is 352. The van der Waals surface area contributed by atoms with Gasteiger partial charge < -0.3 is 0 Å². The van der Waals surface area contributed by atoms with E-state index >= 15 is 0 Å². The van der Waals surface area contributed by atoms with Crippen molar-refractivity contribution in [3.05, 3.63) is 29.8 Å². The van der Waals surface area contributed by atoms with Crippen LogP contribution in [0.15, 0.2) is 29.2 Å². The Kier molecular flexibility index (Phi) is 3.16. The number of rotatable bonds is 2. The Balaban J connectivity index is 3.05. The molecule has 13 heavy (non-hydrogen) atoms. The minimum atomic E-state index is -1.08. The van der Waals surface area contributed by atoms with Crippen LogP contribution in [0, 0.1) is 0 Å². The molecule has 1 atom stereocenters. The molecule has 1 amide bonds. The Labute approximate surface area is 78.6 Å². The number of hydrazine groups is 1. The number of hydrogen-bond acceptors (Lipinski definition) is 3. The van der Waals surface area contributed by atoms with Crippen LogP contribution in [0.3, 0.4) is 0 Å². The minimum absolute atomic E-state index is 0.382. The van der Waals surface area contributed by atoms with Crippen molar-refractivity contribution in [1.29, 1.82) is 0 Å². The molecule has 0 radical (unpaired) electrons. The van der Waals surface area contributed by atoms with Gasteiger partial charge in [0.05, 0.1) is 0 Å². The lowest BCUT2D eigenvalue weighted by Gasteiger charge is -2.00. The predicted molar refractivity (Wildman–Crippen MR) is 50.4 cm³/mol. The van der Waals surface area contributed by atoms with Crippen molar-refractivity contribution in [2.24, 2.45) is 5.84 Å². The van der Waals surface area contributed by atoms with Crippen molar-refractivity contribution in [2.75, 3.05) is 6.26 Å². The van der Waals surface area contributed by atoms with Crippen LogP contribution in [-0.4, -0.2) is 16.4 Å². The Morgan fingerprint density at radius 3 is 2.77 bits per heavy atom. The lowest BCUT2D eigenvalue weighted by atomic mass is 10.2. The average molecular weight is 198 g/mol. The average Bonchev–Trinajstić information content (AvgIpc) is 2.17. The van der Waals surface area contributed by atoms with E-state index in [1.165, 1.54) is 0 Å². The third-order valence-corrected chi connectivity index (χ3v) is 2.48. The van der Waals surface area contributed by atoms with Gasteiger partial charge in [0.25, 0.3) is 5.91 Å². The standard InChI is InChI=1S/C8H10N2O2S/c1-13(12)7-4-2-3-6(5-7)8(11)10-9/h2-5H,9H2,1H3,(H,10,11). The van der Waals surface area contributed by atoms with Gasteiger partial charge in [0.2, 0.25) is 0 Å². The van der Waals surface area contributed by atoms with Crippen LogP contribution in [0.2, 0.25) is 0 Å².